The highest BCUT2D eigenvalue weighted by atomic mass is 32.2. The van der Waals surface area contributed by atoms with E-state index in [1.807, 2.05) is 12.1 Å². The maximum Gasteiger partial charge on any atom is 0.240 e. The van der Waals surface area contributed by atoms with Gasteiger partial charge in [-0.15, -0.1) is 11.8 Å². The molecule has 4 nitrogen and oxygen atoms in total. The Morgan fingerprint density at radius 3 is 2.45 bits per heavy atom. The van der Waals surface area contributed by atoms with Crippen LogP contribution in [0.5, 0.6) is 0 Å². The van der Waals surface area contributed by atoms with E-state index in [4.69, 9.17) is 0 Å². The van der Waals surface area contributed by atoms with Gasteiger partial charge in [-0.1, -0.05) is 19.1 Å². The van der Waals surface area contributed by atoms with Gasteiger partial charge in [0.25, 0.3) is 0 Å². The van der Waals surface area contributed by atoms with Gasteiger partial charge in [-0.25, -0.2) is 13.1 Å². The lowest BCUT2D eigenvalue weighted by atomic mass is 10.2. The summed E-state index contributed by atoms with van der Waals surface area (Å²) in [5.74, 6) is 5.56. The lowest BCUT2D eigenvalue weighted by Crippen LogP contribution is -2.24. The third kappa shape index (κ3) is 5.74. The minimum atomic E-state index is -3.42. The molecule has 0 aliphatic heterocycles. The SMILES string of the molecule is CC#CCCNS(=O)(=O)c1ccc(CNCCC)cc1. The Labute approximate surface area is 122 Å². The smallest absolute Gasteiger partial charge is 0.240 e. The van der Waals surface area contributed by atoms with Crippen LogP contribution >= 0.6 is 0 Å². The van der Waals surface area contributed by atoms with Crippen LogP contribution in [0.2, 0.25) is 0 Å². The minimum absolute atomic E-state index is 0.293. The molecule has 110 valence electrons. The normalized spacial score (nSPS) is 10.9. The van der Waals surface area contributed by atoms with E-state index in [-0.39, 0.29) is 0 Å². The van der Waals surface area contributed by atoms with Crippen molar-refractivity contribution in [3.8, 4) is 11.8 Å². The van der Waals surface area contributed by atoms with E-state index in [0.717, 1.165) is 25.1 Å². The van der Waals surface area contributed by atoms with Crippen molar-refractivity contribution in [2.45, 2.75) is 38.1 Å². The zero-order chi connectivity index (χ0) is 14.8. The van der Waals surface area contributed by atoms with Gasteiger partial charge in [-0.3, -0.25) is 0 Å². The standard InChI is InChI=1S/C15H22N2O2S/c1-3-5-6-12-17-20(18,19)15-9-7-14(8-10-15)13-16-11-4-2/h7-10,16-17H,4,6,11-13H2,1-2H3. The summed E-state index contributed by atoms with van der Waals surface area (Å²) in [6.07, 6.45) is 1.60. The molecule has 0 aromatic heterocycles. The molecule has 2 N–H and O–H groups in total. The van der Waals surface area contributed by atoms with Crippen molar-refractivity contribution in [1.29, 1.82) is 0 Å². The van der Waals surface area contributed by atoms with Gasteiger partial charge >= 0.3 is 0 Å². The van der Waals surface area contributed by atoms with Crippen LogP contribution in [0.25, 0.3) is 0 Å². The van der Waals surface area contributed by atoms with Crippen molar-refractivity contribution in [2.24, 2.45) is 0 Å². The first kappa shape index (κ1) is 16.7. The molecule has 0 aliphatic carbocycles. The number of rotatable bonds is 8. The van der Waals surface area contributed by atoms with Crippen molar-refractivity contribution in [1.82, 2.24) is 10.0 Å². The van der Waals surface area contributed by atoms with Crippen LogP contribution in [0, 0.1) is 11.8 Å². The fourth-order valence-electron chi connectivity index (χ4n) is 1.65. The summed E-state index contributed by atoms with van der Waals surface area (Å²) in [5.41, 5.74) is 1.08. The fourth-order valence-corrected chi connectivity index (χ4v) is 2.68. The molecule has 1 aromatic carbocycles. The average Bonchev–Trinajstić information content (AvgIpc) is 2.45. The van der Waals surface area contributed by atoms with Crippen LogP contribution in [0.3, 0.4) is 0 Å². The van der Waals surface area contributed by atoms with Gasteiger partial charge in [-0.2, -0.15) is 0 Å². The first-order valence-electron chi connectivity index (χ1n) is 6.79. The van der Waals surface area contributed by atoms with Gasteiger partial charge in [0.1, 0.15) is 0 Å². The summed E-state index contributed by atoms with van der Waals surface area (Å²) in [6.45, 7) is 5.90. The van der Waals surface area contributed by atoms with Crippen molar-refractivity contribution in [3.05, 3.63) is 29.8 Å². The summed E-state index contributed by atoms with van der Waals surface area (Å²) >= 11 is 0. The van der Waals surface area contributed by atoms with Crippen LogP contribution in [0.4, 0.5) is 0 Å². The lowest BCUT2D eigenvalue weighted by molar-refractivity contribution is 0.582. The highest BCUT2D eigenvalue weighted by Crippen LogP contribution is 2.10. The first-order valence-corrected chi connectivity index (χ1v) is 8.27. The molecule has 0 spiro atoms. The maximum atomic E-state index is 12.0. The van der Waals surface area contributed by atoms with Crippen LogP contribution in [0.15, 0.2) is 29.2 Å². The van der Waals surface area contributed by atoms with Crippen LogP contribution in [-0.4, -0.2) is 21.5 Å². The number of hydrogen-bond donors (Lipinski definition) is 2. The summed E-state index contributed by atoms with van der Waals surface area (Å²) in [4.78, 5) is 0.293. The second-order valence-electron chi connectivity index (χ2n) is 4.40. The Kier molecular flexibility index (Phi) is 7.31. The van der Waals surface area contributed by atoms with Gasteiger partial charge in [0.05, 0.1) is 4.90 Å². The Morgan fingerprint density at radius 2 is 1.85 bits per heavy atom. The lowest BCUT2D eigenvalue weighted by Gasteiger charge is -2.07. The molecule has 0 saturated heterocycles. The van der Waals surface area contributed by atoms with E-state index >= 15 is 0 Å². The number of sulfonamides is 1. The topological polar surface area (TPSA) is 58.2 Å². The summed E-state index contributed by atoms with van der Waals surface area (Å²) in [7, 11) is -3.42. The van der Waals surface area contributed by atoms with E-state index in [9.17, 15) is 8.42 Å². The Hall–Kier alpha value is -1.35. The quantitative estimate of drug-likeness (QED) is 0.568. The molecule has 0 aliphatic rings. The minimum Gasteiger partial charge on any atom is -0.313 e. The number of nitrogens with one attached hydrogen (secondary N) is 2. The summed E-state index contributed by atoms with van der Waals surface area (Å²) in [5, 5.41) is 3.28. The van der Waals surface area contributed by atoms with E-state index in [1.54, 1.807) is 19.1 Å². The van der Waals surface area contributed by atoms with Crippen LogP contribution < -0.4 is 10.0 Å². The van der Waals surface area contributed by atoms with Crippen molar-refractivity contribution in [3.63, 3.8) is 0 Å². The molecule has 5 heteroatoms. The molecule has 0 radical (unpaired) electrons. The summed E-state index contributed by atoms with van der Waals surface area (Å²) < 4.78 is 26.5. The van der Waals surface area contributed by atoms with Crippen molar-refractivity contribution < 1.29 is 8.42 Å². The average molecular weight is 294 g/mol. The van der Waals surface area contributed by atoms with Crippen molar-refractivity contribution >= 4 is 10.0 Å². The molecule has 0 bridgehead atoms. The maximum absolute atomic E-state index is 12.0. The second-order valence-corrected chi connectivity index (χ2v) is 6.16. The molecule has 0 saturated carbocycles. The highest BCUT2D eigenvalue weighted by Gasteiger charge is 2.12. The van der Waals surface area contributed by atoms with Crippen LogP contribution in [-0.2, 0) is 16.6 Å². The molecule has 0 unspecified atom stereocenters. The molecule has 0 atom stereocenters. The zero-order valence-electron chi connectivity index (χ0n) is 12.1. The third-order valence-corrected chi connectivity index (χ3v) is 4.19. The second kappa shape index (κ2) is 8.75. The monoisotopic (exact) mass is 294 g/mol. The fraction of sp³-hybridized carbons (Fsp3) is 0.467. The highest BCUT2D eigenvalue weighted by molar-refractivity contribution is 7.89. The number of hydrogen-bond acceptors (Lipinski definition) is 3. The van der Waals surface area contributed by atoms with Crippen LogP contribution in [0.1, 0.15) is 32.3 Å². The van der Waals surface area contributed by atoms with Gasteiger partial charge in [0, 0.05) is 19.5 Å². The van der Waals surface area contributed by atoms with Gasteiger partial charge in [-0.05, 0) is 37.6 Å². The molecule has 0 amide bonds. The predicted octanol–water partition coefficient (Wildman–Crippen LogP) is 1.88. The molecule has 0 heterocycles. The Balaban J connectivity index is 2.59. The largest absolute Gasteiger partial charge is 0.313 e. The first-order chi connectivity index (χ1) is 9.60. The zero-order valence-corrected chi connectivity index (χ0v) is 12.9. The molecular formula is C15H22N2O2S. The molecule has 1 aromatic rings. The molecule has 1 rings (SSSR count). The predicted molar refractivity (Wildman–Crippen MR) is 81.7 cm³/mol. The number of benzene rings is 1. The van der Waals surface area contributed by atoms with E-state index in [2.05, 4.69) is 28.8 Å². The van der Waals surface area contributed by atoms with Gasteiger partial charge < -0.3 is 5.32 Å². The van der Waals surface area contributed by atoms with Crippen molar-refractivity contribution in [2.75, 3.05) is 13.1 Å². The van der Waals surface area contributed by atoms with E-state index in [1.165, 1.54) is 0 Å². The van der Waals surface area contributed by atoms with Gasteiger partial charge in [0.15, 0.2) is 0 Å². The summed E-state index contributed by atoms with van der Waals surface area (Å²) in [6, 6.07) is 6.94. The molecule has 20 heavy (non-hydrogen) atoms. The Bertz CT molecular complexity index is 554. The molecule has 0 fully saturated rings. The van der Waals surface area contributed by atoms with Gasteiger partial charge in [0.2, 0.25) is 10.0 Å². The Morgan fingerprint density at radius 1 is 1.15 bits per heavy atom. The van der Waals surface area contributed by atoms with E-state index in [0.29, 0.717) is 17.9 Å². The van der Waals surface area contributed by atoms with E-state index < -0.39 is 10.0 Å². The molecular weight excluding hydrogens is 272 g/mol. The third-order valence-electron chi connectivity index (χ3n) is 2.71.